The third-order valence-electron chi connectivity index (χ3n) is 8.96. The normalized spacial score (nSPS) is 12.4. The molecule has 6 rings (SSSR count). The van der Waals surface area contributed by atoms with E-state index < -0.39 is 47.3 Å². The lowest BCUT2D eigenvalue weighted by Crippen LogP contribution is -2.37. The predicted molar refractivity (Wildman–Crippen MR) is 218 cm³/mol. The lowest BCUT2D eigenvalue weighted by Gasteiger charge is -2.30. The van der Waals surface area contributed by atoms with Crippen molar-refractivity contribution in [2.45, 2.75) is 72.4 Å². The predicted octanol–water partition coefficient (Wildman–Crippen LogP) is 9.06. The van der Waals surface area contributed by atoms with Crippen molar-refractivity contribution in [3.8, 4) is 17.0 Å². The second-order valence-electron chi connectivity index (χ2n) is 14.8. The van der Waals surface area contributed by atoms with Crippen LogP contribution in [0.2, 0.25) is 0 Å². The van der Waals surface area contributed by atoms with E-state index in [1.807, 2.05) is 65.6 Å². The first kappa shape index (κ1) is 42.0. The van der Waals surface area contributed by atoms with Gasteiger partial charge in [0.15, 0.2) is 5.65 Å². The van der Waals surface area contributed by atoms with Crippen LogP contribution in [0.5, 0.6) is 5.88 Å². The molecule has 12 nitrogen and oxygen atoms in total. The van der Waals surface area contributed by atoms with Crippen molar-refractivity contribution in [2.75, 3.05) is 23.4 Å². The minimum Gasteiger partial charge on any atom is -0.473 e. The van der Waals surface area contributed by atoms with E-state index in [4.69, 9.17) is 19.2 Å². The van der Waals surface area contributed by atoms with Gasteiger partial charge in [-0.15, -0.1) is 0 Å². The van der Waals surface area contributed by atoms with E-state index in [1.165, 1.54) is 22.8 Å². The van der Waals surface area contributed by atoms with Crippen LogP contribution in [0.15, 0.2) is 97.3 Å². The molecule has 0 fully saturated rings. The topological polar surface area (TPSA) is 132 Å². The van der Waals surface area contributed by atoms with Crippen molar-refractivity contribution in [3.05, 3.63) is 137 Å². The van der Waals surface area contributed by atoms with Gasteiger partial charge in [0.25, 0.3) is 0 Å². The van der Waals surface area contributed by atoms with Gasteiger partial charge >= 0.3 is 12.1 Å². The van der Waals surface area contributed by atoms with Gasteiger partial charge in [-0.2, -0.15) is 9.61 Å². The first-order valence-electron chi connectivity index (χ1n) is 19.1. The molecule has 0 bridgehead atoms. The van der Waals surface area contributed by atoms with Crippen molar-refractivity contribution in [1.29, 1.82) is 0 Å². The Balaban J connectivity index is 1.52. The largest absolute Gasteiger partial charge is 0.473 e. The second kappa shape index (κ2) is 18.3. The average molecular weight is 810 g/mol. The number of pyridine rings is 1. The van der Waals surface area contributed by atoms with Crippen molar-refractivity contribution in [1.82, 2.24) is 24.9 Å². The Morgan fingerprint density at radius 1 is 0.881 bits per heavy atom. The number of alkyl carbamates (subject to hydrolysis) is 1. The monoisotopic (exact) mass is 809 g/mol. The molecule has 1 amide bonds. The molecule has 0 aliphatic carbocycles. The van der Waals surface area contributed by atoms with Crippen LogP contribution in [0, 0.1) is 17.5 Å². The SMILES string of the molecule is CCOC(=O)c1cnn2c(N(Cc3ccccc3)Cc3ccccc3)c(-c3ccc(F)cc3F)c(N[C@H](C)c3cc(F)cnc3OC(C)CNC(=O)OC(C)(C)C)nc12. The quantitative estimate of drug-likeness (QED) is 0.0969. The van der Waals surface area contributed by atoms with Gasteiger partial charge in [0.05, 0.1) is 37.2 Å². The number of amides is 1. The summed E-state index contributed by atoms with van der Waals surface area (Å²) in [5, 5.41) is 10.6. The number of benzene rings is 3. The number of halogens is 3. The molecular weight excluding hydrogens is 764 g/mol. The average Bonchev–Trinajstić information content (AvgIpc) is 3.61. The number of rotatable bonds is 15. The fourth-order valence-electron chi connectivity index (χ4n) is 6.39. The number of nitrogens with zero attached hydrogens (tertiary/aromatic N) is 5. The second-order valence-corrected chi connectivity index (χ2v) is 14.8. The third-order valence-corrected chi connectivity index (χ3v) is 8.96. The van der Waals surface area contributed by atoms with Gasteiger partial charge in [-0.05, 0) is 70.9 Å². The van der Waals surface area contributed by atoms with E-state index >= 15 is 8.78 Å². The van der Waals surface area contributed by atoms with Crippen LogP contribution in [-0.2, 0) is 22.6 Å². The van der Waals surface area contributed by atoms with Crippen LogP contribution < -0.4 is 20.3 Å². The van der Waals surface area contributed by atoms with Crippen molar-refractivity contribution in [2.24, 2.45) is 0 Å². The third kappa shape index (κ3) is 10.5. The number of fused-ring (bicyclic) bond motifs is 1. The minimum atomic E-state index is -0.886. The van der Waals surface area contributed by atoms with Gasteiger partial charge < -0.3 is 29.7 Å². The van der Waals surface area contributed by atoms with Gasteiger partial charge in [-0.25, -0.2) is 32.7 Å². The van der Waals surface area contributed by atoms with Gasteiger partial charge in [-0.1, -0.05) is 60.7 Å². The molecule has 0 saturated carbocycles. The molecule has 59 heavy (non-hydrogen) atoms. The van der Waals surface area contributed by atoms with Crippen LogP contribution >= 0.6 is 0 Å². The standard InChI is InChI=1S/C44H46F3N7O5/c1-7-57-42(55)35-24-50-54-39(35)52-38(51-28(3)34-20-32(46)23-48-40(34)58-27(2)22-49-43(56)59-44(4,5)6)37(33-19-18-31(45)21-36(33)47)41(54)53(25-29-14-10-8-11-15-29)26-30-16-12-9-13-17-30/h8-21,23-24,27-28H,7,22,25-26H2,1-6H3,(H,49,56)(H,51,52)/t27?,28-/m1/s1. The van der Waals surface area contributed by atoms with Crippen LogP contribution in [0.3, 0.4) is 0 Å². The molecule has 0 spiro atoms. The molecule has 0 saturated heterocycles. The Hall–Kier alpha value is -6.64. The molecule has 0 aliphatic rings. The molecule has 3 aromatic carbocycles. The summed E-state index contributed by atoms with van der Waals surface area (Å²) < 4.78 is 64.1. The fourth-order valence-corrected chi connectivity index (χ4v) is 6.39. The summed E-state index contributed by atoms with van der Waals surface area (Å²) in [4.78, 5) is 36.8. The van der Waals surface area contributed by atoms with Gasteiger partial charge in [0, 0.05) is 30.3 Å². The Kier molecular flexibility index (Phi) is 13.0. The van der Waals surface area contributed by atoms with Crippen molar-refractivity contribution >= 4 is 29.3 Å². The zero-order chi connectivity index (χ0) is 42.3. The summed E-state index contributed by atoms with van der Waals surface area (Å²) in [6, 6.07) is 22.8. The summed E-state index contributed by atoms with van der Waals surface area (Å²) in [5.74, 6) is -2.60. The minimum absolute atomic E-state index is 0.0273. The molecular formula is C44H46F3N7O5. The Labute approximate surface area is 340 Å². The highest BCUT2D eigenvalue weighted by atomic mass is 19.1. The molecule has 0 radical (unpaired) electrons. The Bertz CT molecular complexity index is 2370. The first-order valence-corrected chi connectivity index (χ1v) is 19.1. The molecule has 3 heterocycles. The maximum Gasteiger partial charge on any atom is 0.407 e. The highest BCUT2D eigenvalue weighted by Crippen LogP contribution is 2.42. The van der Waals surface area contributed by atoms with Crippen molar-refractivity contribution in [3.63, 3.8) is 0 Å². The molecule has 0 aliphatic heterocycles. The van der Waals surface area contributed by atoms with Gasteiger partial charge in [0.2, 0.25) is 5.88 Å². The smallest absolute Gasteiger partial charge is 0.407 e. The lowest BCUT2D eigenvalue weighted by atomic mass is 10.0. The van der Waals surface area contributed by atoms with Crippen LogP contribution in [0.25, 0.3) is 16.8 Å². The Morgan fingerprint density at radius 3 is 2.15 bits per heavy atom. The summed E-state index contributed by atoms with van der Waals surface area (Å²) in [5.41, 5.74) is 1.63. The number of hydrogen-bond acceptors (Lipinski definition) is 10. The number of hydrogen-bond donors (Lipinski definition) is 2. The van der Waals surface area contributed by atoms with Crippen LogP contribution in [0.1, 0.15) is 74.6 Å². The number of nitrogens with one attached hydrogen (secondary N) is 2. The number of carbonyl (C=O) groups excluding carboxylic acids is 2. The summed E-state index contributed by atoms with van der Waals surface area (Å²) in [6.07, 6.45) is 1.06. The molecule has 308 valence electrons. The molecule has 6 aromatic rings. The Morgan fingerprint density at radius 2 is 1.54 bits per heavy atom. The van der Waals surface area contributed by atoms with E-state index in [1.54, 1.807) is 41.5 Å². The molecule has 2 atom stereocenters. The summed E-state index contributed by atoms with van der Waals surface area (Å²) >= 11 is 0. The van der Waals surface area contributed by atoms with E-state index in [2.05, 4.69) is 20.7 Å². The zero-order valence-corrected chi connectivity index (χ0v) is 33.6. The summed E-state index contributed by atoms with van der Waals surface area (Å²) in [7, 11) is 0. The van der Waals surface area contributed by atoms with Gasteiger partial charge in [0.1, 0.15) is 46.4 Å². The number of esters is 1. The number of ether oxygens (including phenoxy) is 3. The van der Waals surface area contributed by atoms with E-state index in [0.29, 0.717) is 5.82 Å². The number of anilines is 2. The maximum atomic E-state index is 16.3. The van der Waals surface area contributed by atoms with Crippen molar-refractivity contribution < 1.29 is 37.0 Å². The highest BCUT2D eigenvalue weighted by molar-refractivity contribution is 5.98. The van der Waals surface area contributed by atoms with Crippen LogP contribution in [0.4, 0.5) is 29.6 Å². The van der Waals surface area contributed by atoms with E-state index in [0.717, 1.165) is 29.5 Å². The molecule has 2 N–H and O–H groups in total. The number of aromatic nitrogens is 4. The zero-order valence-electron chi connectivity index (χ0n) is 33.6. The van der Waals surface area contributed by atoms with Gasteiger partial charge in [-0.3, -0.25) is 0 Å². The van der Waals surface area contributed by atoms with E-state index in [9.17, 15) is 14.0 Å². The first-order chi connectivity index (χ1) is 28.2. The van der Waals surface area contributed by atoms with Crippen LogP contribution in [-0.4, -0.2) is 56.5 Å². The molecule has 15 heteroatoms. The number of carbonyl (C=O) groups is 2. The highest BCUT2D eigenvalue weighted by Gasteiger charge is 2.30. The molecule has 3 aromatic heterocycles. The fraction of sp³-hybridized carbons (Fsp3) is 0.295. The maximum absolute atomic E-state index is 16.3. The molecule has 1 unspecified atom stereocenters. The summed E-state index contributed by atoms with van der Waals surface area (Å²) in [6.45, 7) is 11.0. The lowest BCUT2D eigenvalue weighted by molar-refractivity contribution is 0.0500. The van der Waals surface area contributed by atoms with E-state index in [-0.39, 0.29) is 65.8 Å².